The molecule has 0 aliphatic heterocycles. The number of thioether (sulfide) groups is 1. The molecule has 0 saturated carbocycles. The van der Waals surface area contributed by atoms with Gasteiger partial charge in [-0.15, -0.1) is 11.8 Å². The largest absolute Gasteiger partial charge is 0.419 e. The van der Waals surface area contributed by atoms with Gasteiger partial charge in [0.25, 0.3) is 5.69 Å². The van der Waals surface area contributed by atoms with Crippen LogP contribution in [-0.4, -0.2) is 22.2 Å². The molecule has 3 aromatic rings. The highest BCUT2D eigenvalue weighted by Gasteiger charge is 2.14. The van der Waals surface area contributed by atoms with Gasteiger partial charge in [-0.25, -0.2) is 0 Å². The molecule has 0 amide bonds. The Hall–Kier alpha value is -3.02. The molecule has 0 saturated heterocycles. The number of nitro groups is 1. The van der Waals surface area contributed by atoms with Crippen molar-refractivity contribution in [3.8, 4) is 17.5 Å². The lowest BCUT2D eigenvalue weighted by molar-refractivity contribution is -0.384. The molecule has 0 fully saturated rings. The first-order valence-electron chi connectivity index (χ1n) is 7.85. The summed E-state index contributed by atoms with van der Waals surface area (Å²) in [4.78, 5) is 15.3. The van der Waals surface area contributed by atoms with Crippen LogP contribution < -0.4 is 5.32 Å². The van der Waals surface area contributed by atoms with E-state index >= 15 is 0 Å². The van der Waals surface area contributed by atoms with Gasteiger partial charge in [0.1, 0.15) is 6.07 Å². The number of nitro benzene ring substituents is 1. The molecule has 0 aliphatic carbocycles. The minimum Gasteiger partial charge on any atom is -0.419 e. The van der Waals surface area contributed by atoms with Crippen LogP contribution in [0.3, 0.4) is 0 Å². The molecule has 1 heterocycles. The van der Waals surface area contributed by atoms with Gasteiger partial charge in [-0.05, 0) is 36.4 Å². The highest BCUT2D eigenvalue weighted by molar-refractivity contribution is 7.99. The highest BCUT2D eigenvalue weighted by Crippen LogP contribution is 2.27. The van der Waals surface area contributed by atoms with E-state index in [1.165, 1.54) is 23.9 Å². The van der Waals surface area contributed by atoms with Gasteiger partial charge in [0.05, 0.1) is 4.92 Å². The SMILES string of the molecule is N#Cc1nc(-c2ccc(Cl)cc2)oc1NCCSc1ccc([N+](=O)[O-])cc1. The Labute approximate surface area is 164 Å². The Morgan fingerprint density at radius 2 is 1.93 bits per heavy atom. The average molecular weight is 401 g/mol. The maximum Gasteiger partial charge on any atom is 0.269 e. The molecule has 9 heteroatoms. The van der Waals surface area contributed by atoms with Crippen LogP contribution in [-0.2, 0) is 0 Å². The standard InChI is InChI=1S/C18H13ClN4O3S/c19-13-3-1-12(2-4-13)17-22-16(11-20)18(26-17)21-9-10-27-15-7-5-14(6-8-15)23(24)25/h1-8,21H,9-10H2. The van der Waals surface area contributed by atoms with E-state index in [9.17, 15) is 15.4 Å². The molecule has 0 radical (unpaired) electrons. The minimum absolute atomic E-state index is 0.0625. The second-order valence-electron chi connectivity index (χ2n) is 5.34. The highest BCUT2D eigenvalue weighted by atomic mass is 35.5. The van der Waals surface area contributed by atoms with Gasteiger partial charge in [-0.1, -0.05) is 11.6 Å². The Morgan fingerprint density at radius 3 is 2.56 bits per heavy atom. The summed E-state index contributed by atoms with van der Waals surface area (Å²) in [5.74, 6) is 1.33. The number of oxazole rings is 1. The van der Waals surface area contributed by atoms with E-state index in [0.717, 1.165) is 10.5 Å². The van der Waals surface area contributed by atoms with Gasteiger partial charge in [0, 0.05) is 39.9 Å². The van der Waals surface area contributed by atoms with E-state index in [0.29, 0.717) is 29.1 Å². The first kappa shape index (κ1) is 18.8. The topological polar surface area (TPSA) is 105 Å². The third-order valence-corrected chi connectivity index (χ3v) is 4.79. The predicted octanol–water partition coefficient (Wildman–Crippen LogP) is 4.98. The van der Waals surface area contributed by atoms with Crippen LogP contribution in [0.4, 0.5) is 11.6 Å². The molecular formula is C18H13ClN4O3S. The van der Waals surface area contributed by atoms with Gasteiger partial charge in [0.2, 0.25) is 17.5 Å². The summed E-state index contributed by atoms with van der Waals surface area (Å²) >= 11 is 7.40. The molecule has 0 aliphatic rings. The van der Waals surface area contributed by atoms with Gasteiger partial charge in [0.15, 0.2) is 0 Å². The van der Waals surface area contributed by atoms with Crippen molar-refractivity contribution in [2.45, 2.75) is 4.90 Å². The monoisotopic (exact) mass is 400 g/mol. The number of nitrogens with one attached hydrogen (secondary N) is 1. The summed E-state index contributed by atoms with van der Waals surface area (Å²) in [7, 11) is 0. The van der Waals surface area contributed by atoms with E-state index in [-0.39, 0.29) is 11.4 Å². The molecule has 1 aromatic heterocycles. The smallest absolute Gasteiger partial charge is 0.269 e. The third kappa shape index (κ3) is 4.78. The van der Waals surface area contributed by atoms with Crippen molar-refractivity contribution in [1.29, 1.82) is 5.26 Å². The predicted molar refractivity (Wildman–Crippen MR) is 104 cm³/mol. The average Bonchev–Trinajstić information content (AvgIpc) is 3.09. The number of hydrogen-bond donors (Lipinski definition) is 1. The quantitative estimate of drug-likeness (QED) is 0.258. The molecule has 27 heavy (non-hydrogen) atoms. The normalized spacial score (nSPS) is 10.4. The molecule has 7 nitrogen and oxygen atoms in total. The lowest BCUT2D eigenvalue weighted by Gasteiger charge is -2.03. The zero-order valence-corrected chi connectivity index (χ0v) is 15.5. The molecular weight excluding hydrogens is 388 g/mol. The second-order valence-corrected chi connectivity index (χ2v) is 6.95. The minimum atomic E-state index is -0.429. The molecule has 0 unspecified atom stereocenters. The molecule has 0 atom stereocenters. The number of hydrogen-bond acceptors (Lipinski definition) is 7. The van der Waals surface area contributed by atoms with E-state index in [1.54, 1.807) is 36.4 Å². The van der Waals surface area contributed by atoms with Crippen LogP contribution in [0, 0.1) is 21.4 Å². The summed E-state index contributed by atoms with van der Waals surface area (Å²) in [5, 5.41) is 23.5. The summed E-state index contributed by atoms with van der Waals surface area (Å²) in [5.41, 5.74) is 0.969. The van der Waals surface area contributed by atoms with Crippen LogP contribution in [0.15, 0.2) is 57.8 Å². The zero-order valence-electron chi connectivity index (χ0n) is 13.9. The van der Waals surface area contributed by atoms with Gasteiger partial charge < -0.3 is 9.73 Å². The summed E-state index contributed by atoms with van der Waals surface area (Å²) in [6, 6.07) is 15.3. The van der Waals surface area contributed by atoms with Crippen molar-refractivity contribution in [1.82, 2.24) is 4.98 Å². The van der Waals surface area contributed by atoms with Crippen molar-refractivity contribution in [3.63, 3.8) is 0 Å². The maximum atomic E-state index is 10.7. The Balaban J connectivity index is 1.58. The molecule has 0 spiro atoms. The van der Waals surface area contributed by atoms with Gasteiger partial charge in [-0.3, -0.25) is 10.1 Å². The molecule has 3 rings (SSSR count). The number of nitrogens with zero attached hydrogens (tertiary/aromatic N) is 3. The number of rotatable bonds is 7. The number of benzene rings is 2. The van der Waals surface area contributed by atoms with E-state index in [4.69, 9.17) is 16.0 Å². The van der Waals surface area contributed by atoms with Crippen LogP contribution in [0.2, 0.25) is 5.02 Å². The van der Waals surface area contributed by atoms with Crippen molar-refractivity contribution < 1.29 is 9.34 Å². The van der Waals surface area contributed by atoms with Crippen molar-refractivity contribution in [2.24, 2.45) is 0 Å². The first-order valence-corrected chi connectivity index (χ1v) is 9.21. The lowest BCUT2D eigenvalue weighted by atomic mass is 10.2. The van der Waals surface area contributed by atoms with E-state index in [1.807, 2.05) is 6.07 Å². The zero-order chi connectivity index (χ0) is 19.2. The fourth-order valence-corrected chi connectivity index (χ4v) is 3.12. The Morgan fingerprint density at radius 1 is 1.22 bits per heavy atom. The van der Waals surface area contributed by atoms with Crippen molar-refractivity contribution in [2.75, 3.05) is 17.6 Å². The van der Waals surface area contributed by atoms with Crippen LogP contribution in [0.1, 0.15) is 5.69 Å². The van der Waals surface area contributed by atoms with Crippen LogP contribution in [0.5, 0.6) is 0 Å². The number of anilines is 1. The summed E-state index contributed by atoms with van der Waals surface area (Å²) in [6.45, 7) is 0.533. The van der Waals surface area contributed by atoms with Crippen molar-refractivity contribution in [3.05, 3.63) is 69.4 Å². The molecule has 1 N–H and O–H groups in total. The fourth-order valence-electron chi connectivity index (χ4n) is 2.23. The molecule has 136 valence electrons. The lowest BCUT2D eigenvalue weighted by Crippen LogP contribution is -2.04. The third-order valence-electron chi connectivity index (χ3n) is 3.53. The second kappa shape index (κ2) is 8.58. The van der Waals surface area contributed by atoms with Crippen molar-refractivity contribution >= 4 is 34.9 Å². The molecule has 2 aromatic carbocycles. The fraction of sp³-hybridized carbons (Fsp3) is 0.111. The number of halogens is 1. The summed E-state index contributed by atoms with van der Waals surface area (Å²) < 4.78 is 5.65. The van der Waals surface area contributed by atoms with Gasteiger partial charge >= 0.3 is 0 Å². The Bertz CT molecular complexity index is 981. The maximum absolute atomic E-state index is 10.7. The van der Waals surface area contributed by atoms with E-state index in [2.05, 4.69) is 10.3 Å². The molecule has 0 bridgehead atoms. The number of nitriles is 1. The van der Waals surface area contributed by atoms with Crippen LogP contribution in [0.25, 0.3) is 11.5 Å². The van der Waals surface area contributed by atoms with E-state index < -0.39 is 4.92 Å². The van der Waals surface area contributed by atoms with Crippen LogP contribution >= 0.6 is 23.4 Å². The Kier molecular flexibility index (Phi) is 5.96. The summed E-state index contributed by atoms with van der Waals surface area (Å²) in [6.07, 6.45) is 0. The number of non-ortho nitro benzene ring substituents is 1. The number of aromatic nitrogens is 1. The van der Waals surface area contributed by atoms with Gasteiger partial charge in [-0.2, -0.15) is 10.2 Å². The first-order chi connectivity index (χ1) is 13.1.